The highest BCUT2D eigenvalue weighted by Crippen LogP contribution is 2.27. The van der Waals surface area contributed by atoms with E-state index in [0.717, 1.165) is 0 Å². The highest BCUT2D eigenvalue weighted by molar-refractivity contribution is 7.89. The highest BCUT2D eigenvalue weighted by Gasteiger charge is 2.18. The van der Waals surface area contributed by atoms with Gasteiger partial charge in [0.25, 0.3) is 0 Å². The Bertz CT molecular complexity index is 971. The van der Waals surface area contributed by atoms with Gasteiger partial charge in [-0.15, -0.1) is 0 Å². The molecule has 118 valence electrons. The van der Waals surface area contributed by atoms with Crippen molar-refractivity contribution in [3.63, 3.8) is 0 Å². The van der Waals surface area contributed by atoms with Crippen LogP contribution in [0.2, 0.25) is 0 Å². The van der Waals surface area contributed by atoms with Crippen LogP contribution in [0.25, 0.3) is 10.8 Å². The van der Waals surface area contributed by atoms with Crippen LogP contribution in [0.3, 0.4) is 0 Å². The summed E-state index contributed by atoms with van der Waals surface area (Å²) < 4.78 is 41.2. The molecule has 23 heavy (non-hydrogen) atoms. The predicted octanol–water partition coefficient (Wildman–Crippen LogP) is 3.04. The fraction of sp³-hybridized carbons (Fsp3) is 0.0588. The zero-order valence-electron chi connectivity index (χ0n) is 12.2. The van der Waals surface area contributed by atoms with Crippen LogP contribution in [0.15, 0.2) is 65.6 Å². The summed E-state index contributed by atoms with van der Waals surface area (Å²) in [6, 6.07) is 16.1. The Hall–Kier alpha value is -2.44. The van der Waals surface area contributed by atoms with E-state index in [1.807, 2.05) is 0 Å². The minimum Gasteiger partial charge on any atom is -0.398 e. The third-order valence-electron chi connectivity index (χ3n) is 3.62. The van der Waals surface area contributed by atoms with Gasteiger partial charge in [-0.05, 0) is 18.2 Å². The van der Waals surface area contributed by atoms with E-state index in [1.165, 1.54) is 12.1 Å². The van der Waals surface area contributed by atoms with Crippen LogP contribution in [0.4, 0.5) is 10.1 Å². The number of sulfonamides is 1. The Labute approximate surface area is 133 Å². The van der Waals surface area contributed by atoms with Crippen molar-refractivity contribution in [2.75, 3.05) is 5.73 Å². The average Bonchev–Trinajstić information content (AvgIpc) is 2.54. The molecule has 0 aliphatic rings. The van der Waals surface area contributed by atoms with Gasteiger partial charge < -0.3 is 5.73 Å². The van der Waals surface area contributed by atoms with Crippen molar-refractivity contribution < 1.29 is 12.8 Å². The molecule has 6 heteroatoms. The van der Waals surface area contributed by atoms with Crippen molar-refractivity contribution in [2.45, 2.75) is 11.4 Å². The number of nitrogen functional groups attached to an aromatic ring is 1. The summed E-state index contributed by atoms with van der Waals surface area (Å²) in [5, 5.41) is 1.20. The molecule has 0 aromatic heterocycles. The van der Waals surface area contributed by atoms with Crippen molar-refractivity contribution in [2.24, 2.45) is 0 Å². The lowest BCUT2D eigenvalue weighted by Gasteiger charge is -2.11. The predicted molar refractivity (Wildman–Crippen MR) is 88.8 cm³/mol. The van der Waals surface area contributed by atoms with Gasteiger partial charge in [0.2, 0.25) is 10.0 Å². The van der Waals surface area contributed by atoms with E-state index in [1.54, 1.807) is 48.5 Å². The maximum atomic E-state index is 13.6. The standard InChI is InChI=1S/C17H15FN2O2S/c18-15-8-2-1-5-12(15)11-20-23(21,22)17-10-4-6-13-14(17)7-3-9-16(13)19/h1-10,20H,11,19H2. The Morgan fingerprint density at radius 1 is 0.913 bits per heavy atom. The lowest BCUT2D eigenvalue weighted by atomic mass is 10.1. The summed E-state index contributed by atoms with van der Waals surface area (Å²) in [6.45, 7) is -0.117. The normalized spacial score (nSPS) is 11.7. The van der Waals surface area contributed by atoms with E-state index in [9.17, 15) is 12.8 Å². The Morgan fingerprint density at radius 3 is 2.39 bits per heavy atom. The zero-order chi connectivity index (χ0) is 16.4. The van der Waals surface area contributed by atoms with Gasteiger partial charge in [0.05, 0.1) is 4.90 Å². The van der Waals surface area contributed by atoms with Crippen LogP contribution in [0.5, 0.6) is 0 Å². The molecule has 0 amide bonds. The van der Waals surface area contributed by atoms with Gasteiger partial charge in [0.1, 0.15) is 5.82 Å². The Balaban J connectivity index is 1.98. The third-order valence-corrected chi connectivity index (χ3v) is 5.08. The number of rotatable bonds is 4. The van der Waals surface area contributed by atoms with Gasteiger partial charge in [-0.1, -0.05) is 42.5 Å². The molecule has 0 radical (unpaired) electrons. The van der Waals surface area contributed by atoms with Crippen LogP contribution in [0.1, 0.15) is 5.56 Å². The Morgan fingerprint density at radius 2 is 1.61 bits per heavy atom. The van der Waals surface area contributed by atoms with Gasteiger partial charge >= 0.3 is 0 Å². The van der Waals surface area contributed by atoms with Crippen molar-refractivity contribution >= 4 is 26.5 Å². The molecule has 0 saturated carbocycles. The second-order valence-corrected chi connectivity index (χ2v) is 6.85. The monoisotopic (exact) mass is 330 g/mol. The van der Waals surface area contributed by atoms with Crippen LogP contribution in [0, 0.1) is 5.82 Å². The molecule has 0 heterocycles. The van der Waals surface area contributed by atoms with E-state index in [-0.39, 0.29) is 17.0 Å². The number of hydrogen-bond donors (Lipinski definition) is 2. The number of anilines is 1. The van der Waals surface area contributed by atoms with E-state index >= 15 is 0 Å². The van der Waals surface area contributed by atoms with Gasteiger partial charge in [0.15, 0.2) is 0 Å². The maximum Gasteiger partial charge on any atom is 0.241 e. The summed E-state index contributed by atoms with van der Waals surface area (Å²) in [6.07, 6.45) is 0. The summed E-state index contributed by atoms with van der Waals surface area (Å²) >= 11 is 0. The molecule has 3 aromatic carbocycles. The first-order chi connectivity index (χ1) is 11.0. The van der Waals surface area contributed by atoms with Crippen LogP contribution in [-0.2, 0) is 16.6 Å². The average molecular weight is 330 g/mol. The summed E-state index contributed by atoms with van der Waals surface area (Å²) in [7, 11) is -3.79. The summed E-state index contributed by atoms with van der Waals surface area (Å²) in [5.41, 5.74) is 6.68. The molecule has 0 aliphatic heterocycles. The van der Waals surface area contributed by atoms with Crippen LogP contribution >= 0.6 is 0 Å². The first kappa shape index (κ1) is 15.5. The first-order valence-corrected chi connectivity index (χ1v) is 8.47. The van der Waals surface area contributed by atoms with E-state index in [2.05, 4.69) is 4.72 Å². The van der Waals surface area contributed by atoms with Gasteiger partial charge in [-0.25, -0.2) is 17.5 Å². The molecule has 4 nitrogen and oxygen atoms in total. The van der Waals surface area contributed by atoms with Crippen molar-refractivity contribution in [1.29, 1.82) is 0 Å². The smallest absolute Gasteiger partial charge is 0.241 e. The topological polar surface area (TPSA) is 72.2 Å². The molecule has 0 unspecified atom stereocenters. The third kappa shape index (κ3) is 3.04. The number of halogens is 1. The number of nitrogens with two attached hydrogens (primary N) is 1. The molecule has 0 atom stereocenters. The molecule has 3 N–H and O–H groups in total. The maximum absolute atomic E-state index is 13.6. The van der Waals surface area contributed by atoms with Crippen LogP contribution < -0.4 is 10.5 Å². The van der Waals surface area contributed by atoms with E-state index < -0.39 is 15.8 Å². The number of benzene rings is 3. The minimum absolute atomic E-state index is 0.117. The van der Waals surface area contributed by atoms with Crippen LogP contribution in [-0.4, -0.2) is 8.42 Å². The summed E-state index contributed by atoms with van der Waals surface area (Å²) in [4.78, 5) is 0.124. The lowest BCUT2D eigenvalue weighted by molar-refractivity contribution is 0.575. The lowest BCUT2D eigenvalue weighted by Crippen LogP contribution is -2.24. The quantitative estimate of drug-likeness (QED) is 0.722. The van der Waals surface area contributed by atoms with E-state index in [4.69, 9.17) is 5.73 Å². The fourth-order valence-corrected chi connectivity index (χ4v) is 3.66. The van der Waals surface area contributed by atoms with E-state index in [0.29, 0.717) is 16.5 Å². The van der Waals surface area contributed by atoms with Gasteiger partial charge in [-0.3, -0.25) is 0 Å². The van der Waals surface area contributed by atoms with Crippen molar-refractivity contribution in [3.8, 4) is 0 Å². The minimum atomic E-state index is -3.79. The fourth-order valence-electron chi connectivity index (χ4n) is 2.43. The first-order valence-electron chi connectivity index (χ1n) is 6.99. The largest absolute Gasteiger partial charge is 0.398 e. The SMILES string of the molecule is Nc1cccc2c(S(=O)(=O)NCc3ccccc3F)cccc12. The number of nitrogens with one attached hydrogen (secondary N) is 1. The molecule has 0 fully saturated rings. The molecule has 0 aliphatic carbocycles. The van der Waals surface area contributed by atoms with Gasteiger partial charge in [0, 0.05) is 28.6 Å². The molecule has 0 saturated heterocycles. The summed E-state index contributed by atoms with van der Waals surface area (Å²) in [5.74, 6) is -0.447. The zero-order valence-corrected chi connectivity index (χ0v) is 13.0. The Kier molecular flexibility index (Phi) is 4.02. The number of fused-ring (bicyclic) bond motifs is 1. The molecular weight excluding hydrogens is 315 g/mol. The number of hydrogen-bond acceptors (Lipinski definition) is 3. The molecule has 3 rings (SSSR count). The second kappa shape index (κ2) is 5.98. The second-order valence-electron chi connectivity index (χ2n) is 5.11. The highest BCUT2D eigenvalue weighted by atomic mass is 32.2. The van der Waals surface area contributed by atoms with Gasteiger partial charge in [-0.2, -0.15) is 0 Å². The molecule has 0 bridgehead atoms. The molecule has 0 spiro atoms. The molecule has 3 aromatic rings. The van der Waals surface area contributed by atoms with Crippen molar-refractivity contribution in [1.82, 2.24) is 4.72 Å². The van der Waals surface area contributed by atoms with Crippen molar-refractivity contribution in [3.05, 3.63) is 72.0 Å². The molecular formula is C17H15FN2O2S.